The molecule has 3 heterocycles. The average molecular weight is 1490 g/mol. The molecule has 1 saturated heterocycles. The van der Waals surface area contributed by atoms with Crippen LogP contribution in [0.1, 0.15) is 70.8 Å². The molecule has 102 heavy (non-hydrogen) atoms. The van der Waals surface area contributed by atoms with Gasteiger partial charge in [0.05, 0.1) is 57.1 Å². The summed E-state index contributed by atoms with van der Waals surface area (Å²) in [5.74, 6) is -5.08. The van der Waals surface area contributed by atoms with Crippen molar-refractivity contribution in [2.75, 3.05) is 83.3 Å². The Kier molecular flexibility index (Phi) is 29.3. The molecule has 0 aromatic heterocycles. The summed E-state index contributed by atoms with van der Waals surface area (Å²) in [5, 5.41) is 39.3. The maximum Gasteiger partial charge on any atom is 3.00 e. The van der Waals surface area contributed by atoms with Gasteiger partial charge in [0, 0.05) is 64.4 Å². The standard InChI is InChI=1S/C41H44N7O10P.C27H36N4O10P.Fe/c1-26(49)55-33-13-15-37-30(19-33)23-47-35(36(22-42-3)48-24-31-20-34(56-27(2)50)14-16-38(31)58-41(47,48)57-37)17-18-43-25-45-40(51)46-32-11-9-29(10-12-32)39(59(52,53)54)44-21-28-7-5-4-6-8-28;1-19-12-21(27(42(38,39)40)29-13-20-6-4-3-5-7-20)8-9-23(19)28-14-22(32)15-30(16-24(33)34)10-11-31(17-25(35)36)18-26(37)41-2;/h4-16,19-20,23-24,35-36,39,42-44H,17-18,21-22,25H2,1-3H3,(H2-2,45,46,51,52,53,54);3-9,12,27-29H,2,10-11,13-18H2,1H3,(H,33,34)(H,35,36)(H2,38,39,40);/q;-1;+3/p+2. The number of carbonyl (C=O) groups is 7. The molecule has 5 unspecified atom stereocenters. The number of aryl methyl sites for hydroxylation is 1. The molecular formula is C68H82FeN11O20P2+4. The zero-order valence-electron chi connectivity index (χ0n) is 56.1. The van der Waals surface area contributed by atoms with E-state index in [-0.39, 0.29) is 87.4 Å². The first-order chi connectivity index (χ1) is 48.1. The number of hydrogen-bond donors (Lipinski definition) is 13. The van der Waals surface area contributed by atoms with Gasteiger partial charge in [-0.15, -0.1) is 0 Å². The van der Waals surface area contributed by atoms with Crippen LogP contribution >= 0.6 is 15.2 Å². The number of urea groups is 1. The number of likely N-dealkylation sites (N-methyl/N-ethyl adjacent to an activating group) is 1. The van der Waals surface area contributed by atoms with E-state index in [4.69, 9.17) is 24.1 Å². The summed E-state index contributed by atoms with van der Waals surface area (Å²) >= 11 is 0. The predicted molar refractivity (Wildman–Crippen MR) is 368 cm³/mol. The number of esters is 3. The van der Waals surface area contributed by atoms with Crippen molar-refractivity contribution in [1.29, 1.82) is 0 Å². The number of nitrogens with one attached hydrogen (secondary N) is 7. The second kappa shape index (κ2) is 37.2. The van der Waals surface area contributed by atoms with Gasteiger partial charge in [-0.05, 0) is 96.4 Å². The van der Waals surface area contributed by atoms with Crippen LogP contribution in [0, 0.1) is 14.0 Å². The number of nitrogens with zero attached hydrogens (tertiary/aromatic N) is 4. The molecule has 1 radical (unpaired) electrons. The normalized spacial score (nSPS) is 16.1. The predicted octanol–water partition coefficient (Wildman–Crippen LogP) is 4.24. The van der Waals surface area contributed by atoms with Gasteiger partial charge in [-0.3, -0.25) is 63.6 Å². The Hall–Kier alpha value is -9.07. The summed E-state index contributed by atoms with van der Waals surface area (Å²) in [7, 11) is -4.27. The maximum atomic E-state index is 12.8. The summed E-state index contributed by atoms with van der Waals surface area (Å²) < 4.78 is 57.1. The van der Waals surface area contributed by atoms with Crippen LogP contribution in [-0.2, 0) is 72.8 Å². The van der Waals surface area contributed by atoms with Crippen molar-refractivity contribution in [1.82, 2.24) is 36.4 Å². The van der Waals surface area contributed by atoms with Crippen LogP contribution in [0.2, 0.25) is 0 Å². The van der Waals surface area contributed by atoms with E-state index < -0.39 is 81.8 Å². The number of rotatable bonds is 34. The SMILES string of the molecule is CNCC1C(CCNCNC(=O)Nc2ccc(C(NCc3ccccc3)P(=O)(O)O)cc2)[N+]2=Cc3cc(OC(C)=O)ccc3OC23Oc2ccc(OC(C)=O)cc2C=[N+]13.[CH2-]OC(=O)CN(CCN(CC(=O)O)CC(=O)CNc1ccc(C(NCc2ccccc2)P(=O)(O)O)cc1C)CC(=O)O.[Fe+3]. The van der Waals surface area contributed by atoms with Gasteiger partial charge in [0.2, 0.25) is 12.1 Å². The minimum atomic E-state index is -4.56. The van der Waals surface area contributed by atoms with E-state index in [1.807, 2.05) is 89.3 Å². The largest absolute Gasteiger partial charge is 3.00 e. The van der Waals surface area contributed by atoms with Gasteiger partial charge in [-0.2, -0.15) is 7.11 Å². The van der Waals surface area contributed by atoms with Gasteiger partial charge in [0.25, 0.3) is 5.97 Å². The number of ketones is 1. The number of benzene rings is 6. The smallest absolute Gasteiger partial charge is 0.639 e. The van der Waals surface area contributed by atoms with Gasteiger partial charge in [0.15, 0.2) is 29.7 Å². The molecule has 1 fully saturated rings. The molecule has 2 amide bonds. The molecule has 3 aliphatic heterocycles. The van der Waals surface area contributed by atoms with Crippen molar-refractivity contribution < 1.29 is 122 Å². The molecule has 6 aromatic carbocycles. The van der Waals surface area contributed by atoms with Crippen molar-refractivity contribution >= 4 is 80.7 Å². The molecule has 543 valence electrons. The van der Waals surface area contributed by atoms with Crippen LogP contribution in [-0.4, -0.2) is 194 Å². The summed E-state index contributed by atoms with van der Waals surface area (Å²) in [6.07, 6.45) is 4.44. The van der Waals surface area contributed by atoms with Crippen LogP contribution in [0.25, 0.3) is 0 Å². The number of carbonyl (C=O) groups excluding carboxylic acids is 5. The van der Waals surface area contributed by atoms with Crippen LogP contribution in [0.5, 0.6) is 23.0 Å². The second-order valence-corrected chi connectivity index (χ2v) is 27.1. The molecule has 34 heteroatoms. The van der Waals surface area contributed by atoms with Crippen molar-refractivity contribution in [3.8, 4) is 23.0 Å². The van der Waals surface area contributed by atoms with Gasteiger partial charge in [-0.25, -0.2) is 4.79 Å². The maximum absolute atomic E-state index is 12.8. The Morgan fingerprint density at radius 2 is 1.15 bits per heavy atom. The molecule has 5 atom stereocenters. The van der Waals surface area contributed by atoms with Gasteiger partial charge in [0.1, 0.15) is 23.1 Å². The van der Waals surface area contributed by atoms with E-state index in [9.17, 15) is 67.4 Å². The molecule has 0 aliphatic carbocycles. The summed E-state index contributed by atoms with van der Waals surface area (Å²) in [4.78, 5) is 125. The third kappa shape index (κ3) is 23.0. The number of Topliss-reactive ketones (excluding diaryl/α,β-unsaturated/α-hetero) is 1. The Morgan fingerprint density at radius 1 is 0.647 bits per heavy atom. The topological polar surface area (TPSA) is 418 Å². The molecular weight excluding hydrogens is 1410 g/mol. The van der Waals surface area contributed by atoms with Crippen LogP contribution < -0.4 is 56.2 Å². The molecule has 0 bridgehead atoms. The van der Waals surface area contributed by atoms with E-state index in [2.05, 4.69) is 49.1 Å². The zero-order valence-corrected chi connectivity index (χ0v) is 59.0. The quantitative estimate of drug-likeness (QED) is 0.00393. The Morgan fingerprint density at radius 3 is 1.63 bits per heavy atom. The van der Waals surface area contributed by atoms with Crippen molar-refractivity contribution in [3.63, 3.8) is 0 Å². The average Bonchev–Trinajstić information content (AvgIpc) is 1.53. The van der Waals surface area contributed by atoms with Crippen molar-refractivity contribution in [2.45, 2.75) is 70.0 Å². The minimum Gasteiger partial charge on any atom is -0.639 e. The number of amides is 2. The number of aliphatic carboxylic acids is 2. The van der Waals surface area contributed by atoms with Gasteiger partial charge >= 0.3 is 68.2 Å². The summed E-state index contributed by atoms with van der Waals surface area (Å²) in [6.45, 7) is 4.22. The van der Waals surface area contributed by atoms with Gasteiger partial charge in [-0.1, -0.05) is 94.1 Å². The fourth-order valence-corrected chi connectivity index (χ4v) is 13.3. The molecule has 1 spiro atoms. The van der Waals surface area contributed by atoms with Gasteiger partial charge < -0.3 is 74.7 Å². The number of hydrogen-bond acceptors (Lipinski definition) is 21. The molecule has 3 aliphatic rings. The van der Waals surface area contributed by atoms with Crippen LogP contribution in [0.15, 0.2) is 140 Å². The minimum absolute atomic E-state index is 0. The van der Waals surface area contributed by atoms with E-state index in [1.165, 1.54) is 23.6 Å². The second-order valence-electron chi connectivity index (χ2n) is 23.7. The summed E-state index contributed by atoms with van der Waals surface area (Å²) in [5.41, 5.74) is 5.48. The Bertz CT molecular complexity index is 4110. The van der Waals surface area contributed by atoms with E-state index >= 15 is 0 Å². The fourth-order valence-electron chi connectivity index (χ4n) is 11.5. The Labute approximate surface area is 598 Å². The van der Waals surface area contributed by atoms with Crippen molar-refractivity contribution in [3.05, 3.63) is 186 Å². The van der Waals surface area contributed by atoms with Crippen LogP contribution in [0.3, 0.4) is 0 Å². The zero-order chi connectivity index (χ0) is 73.0. The number of ether oxygens (including phenoxy) is 5. The number of anilines is 2. The van der Waals surface area contributed by atoms with E-state index in [0.29, 0.717) is 81.7 Å². The number of fused-ring (bicyclic) bond motifs is 2. The summed E-state index contributed by atoms with van der Waals surface area (Å²) in [6, 6.07) is 37.4. The third-order valence-electron chi connectivity index (χ3n) is 16.0. The molecule has 13 N–H and O–H groups in total. The third-order valence-corrected chi connectivity index (χ3v) is 18.3. The van der Waals surface area contributed by atoms with E-state index in [0.717, 1.165) is 11.1 Å². The molecule has 0 saturated carbocycles. The van der Waals surface area contributed by atoms with Crippen molar-refractivity contribution in [2.24, 2.45) is 0 Å². The fraction of sp³-hybridized carbons (Fsp3) is 0.324. The monoisotopic (exact) mass is 1490 g/mol. The molecule has 6 aromatic rings. The number of carboxylic acids is 2. The van der Waals surface area contributed by atoms with E-state index in [1.54, 1.807) is 85.8 Å². The first-order valence-electron chi connectivity index (χ1n) is 31.7. The molecule has 31 nitrogen and oxygen atoms in total. The molecule has 9 rings (SSSR count). The Balaban J connectivity index is 0.000000301. The first-order valence-corrected chi connectivity index (χ1v) is 35.1. The first kappa shape index (κ1) is 80.2. The van der Waals surface area contributed by atoms with Crippen LogP contribution in [0.4, 0.5) is 16.2 Å². The number of carboxylic acid groups (broad SMARTS) is 2.